The maximum Gasteiger partial charge on any atom is 0.192 e. The quantitative estimate of drug-likeness (QED) is 0.740. The molecular weight excluding hydrogens is 192 g/mol. The minimum absolute atomic E-state index is 0.248. The SMILES string of the molecule is CC1CC(Cc2ccccc2)C(=O)S1. The van der Waals surface area contributed by atoms with E-state index in [2.05, 4.69) is 19.1 Å². The van der Waals surface area contributed by atoms with Gasteiger partial charge in [0.25, 0.3) is 0 Å². The molecule has 1 heterocycles. The molecule has 0 radical (unpaired) electrons. The van der Waals surface area contributed by atoms with E-state index < -0.39 is 0 Å². The molecule has 0 aliphatic carbocycles. The summed E-state index contributed by atoms with van der Waals surface area (Å²) in [5, 5.41) is 0.887. The van der Waals surface area contributed by atoms with Crippen LogP contribution in [0.25, 0.3) is 0 Å². The van der Waals surface area contributed by atoms with Gasteiger partial charge < -0.3 is 0 Å². The Morgan fingerprint density at radius 3 is 2.64 bits per heavy atom. The number of hydrogen-bond donors (Lipinski definition) is 0. The lowest BCUT2D eigenvalue weighted by Gasteiger charge is -2.06. The molecule has 1 aromatic carbocycles. The molecule has 1 aliphatic heterocycles. The summed E-state index contributed by atoms with van der Waals surface area (Å²) < 4.78 is 0. The van der Waals surface area contributed by atoms with Gasteiger partial charge in [0.2, 0.25) is 0 Å². The van der Waals surface area contributed by atoms with Crippen LogP contribution in [0, 0.1) is 5.92 Å². The van der Waals surface area contributed by atoms with Crippen molar-refractivity contribution in [1.29, 1.82) is 0 Å². The van der Waals surface area contributed by atoms with Gasteiger partial charge in [0.1, 0.15) is 0 Å². The van der Waals surface area contributed by atoms with Crippen molar-refractivity contribution in [1.82, 2.24) is 0 Å². The molecule has 2 unspecified atom stereocenters. The molecule has 0 spiro atoms. The molecular formula is C12H14OS. The summed E-state index contributed by atoms with van der Waals surface area (Å²) in [5.74, 6) is 0.248. The van der Waals surface area contributed by atoms with E-state index in [1.165, 1.54) is 17.3 Å². The highest BCUT2D eigenvalue weighted by Crippen LogP contribution is 2.34. The lowest BCUT2D eigenvalue weighted by Crippen LogP contribution is -2.08. The third-order valence-electron chi connectivity index (χ3n) is 2.59. The van der Waals surface area contributed by atoms with Crippen LogP contribution in [0.2, 0.25) is 0 Å². The van der Waals surface area contributed by atoms with Gasteiger partial charge in [0, 0.05) is 11.2 Å². The topological polar surface area (TPSA) is 17.1 Å². The van der Waals surface area contributed by atoms with E-state index in [1.54, 1.807) is 0 Å². The van der Waals surface area contributed by atoms with Crippen LogP contribution in [0.3, 0.4) is 0 Å². The van der Waals surface area contributed by atoms with Gasteiger partial charge in [-0.1, -0.05) is 49.0 Å². The average molecular weight is 206 g/mol. The van der Waals surface area contributed by atoms with E-state index in [-0.39, 0.29) is 5.92 Å². The highest BCUT2D eigenvalue weighted by atomic mass is 32.2. The van der Waals surface area contributed by atoms with E-state index in [1.807, 2.05) is 18.2 Å². The van der Waals surface area contributed by atoms with Crippen LogP contribution in [-0.4, -0.2) is 10.4 Å². The van der Waals surface area contributed by atoms with Crippen LogP contribution in [0.15, 0.2) is 30.3 Å². The first kappa shape index (κ1) is 9.78. The smallest absolute Gasteiger partial charge is 0.192 e. The van der Waals surface area contributed by atoms with Crippen molar-refractivity contribution >= 4 is 16.9 Å². The van der Waals surface area contributed by atoms with Crippen LogP contribution < -0.4 is 0 Å². The summed E-state index contributed by atoms with van der Waals surface area (Å²) in [5.41, 5.74) is 1.28. The minimum atomic E-state index is 0.248. The van der Waals surface area contributed by atoms with Crippen LogP contribution in [0.1, 0.15) is 18.9 Å². The lowest BCUT2D eigenvalue weighted by atomic mass is 9.97. The molecule has 0 aromatic heterocycles. The Bertz CT molecular complexity index is 320. The molecule has 1 nitrogen and oxygen atoms in total. The van der Waals surface area contributed by atoms with Crippen molar-refractivity contribution in [2.75, 3.05) is 0 Å². The Morgan fingerprint density at radius 1 is 1.36 bits per heavy atom. The maximum absolute atomic E-state index is 11.6. The van der Waals surface area contributed by atoms with Crippen LogP contribution in [-0.2, 0) is 11.2 Å². The predicted molar refractivity (Wildman–Crippen MR) is 60.3 cm³/mol. The van der Waals surface area contributed by atoms with Crippen molar-refractivity contribution in [2.24, 2.45) is 5.92 Å². The maximum atomic E-state index is 11.6. The fourth-order valence-corrected chi connectivity index (χ4v) is 3.00. The fourth-order valence-electron chi connectivity index (χ4n) is 1.90. The molecule has 0 amide bonds. The summed E-state index contributed by atoms with van der Waals surface area (Å²) in [6.07, 6.45) is 1.95. The van der Waals surface area contributed by atoms with Gasteiger partial charge in [0.05, 0.1) is 0 Å². The molecule has 1 fully saturated rings. The van der Waals surface area contributed by atoms with Gasteiger partial charge in [-0.25, -0.2) is 0 Å². The summed E-state index contributed by atoms with van der Waals surface area (Å²) in [6.45, 7) is 2.13. The summed E-state index contributed by atoms with van der Waals surface area (Å²) in [6, 6.07) is 10.3. The van der Waals surface area contributed by atoms with E-state index in [0.29, 0.717) is 10.4 Å². The molecule has 14 heavy (non-hydrogen) atoms. The second kappa shape index (κ2) is 4.18. The zero-order chi connectivity index (χ0) is 9.97. The van der Waals surface area contributed by atoms with Crippen molar-refractivity contribution in [2.45, 2.75) is 25.0 Å². The molecule has 2 atom stereocenters. The normalized spacial score (nSPS) is 26.8. The molecule has 1 aromatic rings. The monoisotopic (exact) mass is 206 g/mol. The summed E-state index contributed by atoms with van der Waals surface area (Å²) in [7, 11) is 0. The van der Waals surface area contributed by atoms with E-state index in [9.17, 15) is 4.79 Å². The number of carbonyl (C=O) groups excluding carboxylic acids is 1. The molecule has 1 saturated heterocycles. The summed E-state index contributed by atoms with van der Waals surface area (Å²) in [4.78, 5) is 11.6. The molecule has 0 bridgehead atoms. The third kappa shape index (κ3) is 2.18. The first-order valence-electron chi connectivity index (χ1n) is 5.00. The second-order valence-corrected chi connectivity index (χ2v) is 5.31. The number of thioether (sulfide) groups is 1. The van der Waals surface area contributed by atoms with Gasteiger partial charge in [-0.2, -0.15) is 0 Å². The zero-order valence-corrected chi connectivity index (χ0v) is 9.09. The minimum Gasteiger partial charge on any atom is -0.287 e. The highest BCUT2D eigenvalue weighted by molar-refractivity contribution is 8.14. The van der Waals surface area contributed by atoms with E-state index in [4.69, 9.17) is 0 Å². The Balaban J connectivity index is 2.02. The van der Waals surface area contributed by atoms with Crippen molar-refractivity contribution in [3.05, 3.63) is 35.9 Å². The zero-order valence-electron chi connectivity index (χ0n) is 8.27. The number of benzene rings is 1. The van der Waals surface area contributed by atoms with Gasteiger partial charge in [-0.15, -0.1) is 0 Å². The van der Waals surface area contributed by atoms with Crippen molar-refractivity contribution in [3.8, 4) is 0 Å². The Labute approximate surface area is 88.9 Å². The number of hydrogen-bond acceptors (Lipinski definition) is 2. The first-order chi connectivity index (χ1) is 6.75. The molecule has 0 saturated carbocycles. The van der Waals surface area contributed by atoms with Gasteiger partial charge >= 0.3 is 0 Å². The van der Waals surface area contributed by atoms with E-state index >= 15 is 0 Å². The highest BCUT2D eigenvalue weighted by Gasteiger charge is 2.30. The van der Waals surface area contributed by atoms with Gasteiger partial charge in [0.15, 0.2) is 5.12 Å². The fraction of sp³-hybridized carbons (Fsp3) is 0.417. The molecule has 2 heteroatoms. The van der Waals surface area contributed by atoms with Crippen molar-refractivity contribution < 1.29 is 4.79 Å². The average Bonchev–Trinajstić information content (AvgIpc) is 2.47. The third-order valence-corrected chi connectivity index (χ3v) is 3.75. The lowest BCUT2D eigenvalue weighted by molar-refractivity contribution is -0.113. The van der Waals surface area contributed by atoms with Gasteiger partial charge in [-0.3, -0.25) is 4.79 Å². The van der Waals surface area contributed by atoms with Gasteiger partial charge in [-0.05, 0) is 18.4 Å². The molecule has 0 N–H and O–H groups in total. The Morgan fingerprint density at radius 2 is 2.07 bits per heavy atom. The first-order valence-corrected chi connectivity index (χ1v) is 5.88. The second-order valence-electron chi connectivity index (χ2n) is 3.87. The van der Waals surface area contributed by atoms with Crippen LogP contribution >= 0.6 is 11.8 Å². The summed E-state index contributed by atoms with van der Waals surface area (Å²) >= 11 is 1.51. The molecule has 74 valence electrons. The van der Waals surface area contributed by atoms with Crippen LogP contribution in [0.5, 0.6) is 0 Å². The van der Waals surface area contributed by atoms with E-state index in [0.717, 1.165) is 12.8 Å². The predicted octanol–water partition coefficient (Wildman–Crippen LogP) is 2.90. The van der Waals surface area contributed by atoms with Crippen LogP contribution in [0.4, 0.5) is 0 Å². The largest absolute Gasteiger partial charge is 0.287 e. The Kier molecular flexibility index (Phi) is 2.92. The standard InChI is InChI=1S/C12H14OS/c1-9-7-11(12(13)14-9)8-10-5-3-2-4-6-10/h2-6,9,11H,7-8H2,1H3. The molecule has 1 aliphatic rings. The van der Waals surface area contributed by atoms with Crippen molar-refractivity contribution in [3.63, 3.8) is 0 Å². The Hall–Kier alpha value is -0.760. The number of rotatable bonds is 2. The number of carbonyl (C=O) groups is 1. The molecule has 2 rings (SSSR count).